The Hall–Kier alpha value is -1.72. The van der Waals surface area contributed by atoms with Crippen molar-refractivity contribution >= 4 is 27.5 Å². The summed E-state index contributed by atoms with van der Waals surface area (Å²) in [6, 6.07) is 14.3. The van der Waals surface area contributed by atoms with Gasteiger partial charge in [0.1, 0.15) is 5.82 Å². The van der Waals surface area contributed by atoms with E-state index < -0.39 is 0 Å². The minimum atomic E-state index is -0.265. The van der Waals surface area contributed by atoms with Gasteiger partial charge in [0.25, 0.3) is 0 Å². The van der Waals surface area contributed by atoms with Crippen molar-refractivity contribution in [2.75, 3.05) is 25.5 Å². The lowest BCUT2D eigenvalue weighted by Crippen LogP contribution is -2.36. The van der Waals surface area contributed by atoms with Crippen LogP contribution < -0.4 is 4.90 Å². The number of carbonyl (C=O) groups is 1. The number of anilines is 1. The summed E-state index contributed by atoms with van der Waals surface area (Å²) in [5.41, 5.74) is 1.40. The van der Waals surface area contributed by atoms with E-state index in [4.69, 9.17) is 0 Å². The molecule has 3 nitrogen and oxygen atoms in total. The zero-order valence-electron chi connectivity index (χ0n) is 12.6. The van der Waals surface area contributed by atoms with Crippen molar-refractivity contribution in [2.24, 2.45) is 0 Å². The lowest BCUT2D eigenvalue weighted by Gasteiger charge is -2.22. The van der Waals surface area contributed by atoms with E-state index >= 15 is 0 Å². The van der Waals surface area contributed by atoms with Gasteiger partial charge in [-0.05, 0) is 37.4 Å². The molecule has 0 aromatic heterocycles. The number of hydrogen-bond acceptors (Lipinski definition) is 2. The number of benzene rings is 2. The van der Waals surface area contributed by atoms with E-state index in [2.05, 4.69) is 15.9 Å². The van der Waals surface area contributed by atoms with Crippen molar-refractivity contribution in [1.29, 1.82) is 0 Å². The minimum Gasteiger partial charge on any atom is -0.314 e. The van der Waals surface area contributed by atoms with Crippen LogP contribution in [0.15, 0.2) is 53.0 Å². The van der Waals surface area contributed by atoms with Crippen molar-refractivity contribution in [2.45, 2.75) is 6.54 Å². The average molecular weight is 365 g/mol. The Balaban J connectivity index is 1.98. The van der Waals surface area contributed by atoms with Gasteiger partial charge in [-0.2, -0.15) is 0 Å². The highest BCUT2D eigenvalue weighted by Crippen LogP contribution is 2.17. The normalized spacial score (nSPS) is 10.8. The van der Waals surface area contributed by atoms with Crippen molar-refractivity contribution in [3.05, 3.63) is 64.4 Å². The molecule has 0 saturated heterocycles. The third kappa shape index (κ3) is 4.39. The number of nitrogens with zero attached hydrogens (tertiary/aromatic N) is 2. The van der Waals surface area contributed by atoms with E-state index in [1.54, 1.807) is 36.0 Å². The molecule has 0 spiro atoms. The maximum atomic E-state index is 13.7. The van der Waals surface area contributed by atoms with Gasteiger partial charge < -0.3 is 4.90 Å². The average Bonchev–Trinajstić information content (AvgIpc) is 2.51. The maximum Gasteiger partial charge on any atom is 0.240 e. The SMILES string of the molecule is CN(CC(=O)N(C)c1ccccc1)Cc1cc(Br)ccc1F. The Morgan fingerprint density at radius 3 is 2.50 bits per heavy atom. The van der Waals surface area contributed by atoms with Gasteiger partial charge in [-0.25, -0.2) is 4.39 Å². The van der Waals surface area contributed by atoms with E-state index in [1.807, 2.05) is 30.3 Å². The fourth-order valence-electron chi connectivity index (χ4n) is 2.14. The Labute approximate surface area is 138 Å². The molecule has 0 aliphatic heterocycles. The predicted molar refractivity (Wildman–Crippen MR) is 90.3 cm³/mol. The van der Waals surface area contributed by atoms with Crippen LogP contribution in [0.3, 0.4) is 0 Å². The number of rotatable bonds is 5. The van der Waals surface area contributed by atoms with Gasteiger partial charge in [0.15, 0.2) is 0 Å². The van der Waals surface area contributed by atoms with Crippen LogP contribution in [0.2, 0.25) is 0 Å². The molecule has 5 heteroatoms. The summed E-state index contributed by atoms with van der Waals surface area (Å²) in [5, 5.41) is 0. The molecule has 0 atom stereocenters. The Morgan fingerprint density at radius 2 is 1.82 bits per heavy atom. The quantitative estimate of drug-likeness (QED) is 0.807. The first kappa shape index (κ1) is 16.6. The molecule has 116 valence electrons. The summed E-state index contributed by atoms with van der Waals surface area (Å²) in [6.45, 7) is 0.594. The molecule has 0 aliphatic rings. The van der Waals surface area contributed by atoms with Crippen LogP contribution in [0.25, 0.3) is 0 Å². The highest BCUT2D eigenvalue weighted by Gasteiger charge is 2.14. The third-order valence-corrected chi connectivity index (χ3v) is 3.86. The summed E-state index contributed by atoms with van der Waals surface area (Å²) >= 11 is 3.33. The second-order valence-corrected chi connectivity index (χ2v) is 6.11. The molecule has 0 saturated carbocycles. The summed E-state index contributed by atoms with van der Waals surface area (Å²) in [4.78, 5) is 15.7. The van der Waals surface area contributed by atoms with E-state index in [9.17, 15) is 9.18 Å². The van der Waals surface area contributed by atoms with E-state index in [-0.39, 0.29) is 18.3 Å². The second-order valence-electron chi connectivity index (χ2n) is 5.20. The summed E-state index contributed by atoms with van der Waals surface area (Å²) in [7, 11) is 3.54. The van der Waals surface area contributed by atoms with Gasteiger partial charge in [0, 0.05) is 29.3 Å². The second kappa shape index (κ2) is 7.51. The lowest BCUT2D eigenvalue weighted by molar-refractivity contribution is -0.119. The Morgan fingerprint density at radius 1 is 1.14 bits per heavy atom. The van der Waals surface area contributed by atoms with Gasteiger partial charge in [-0.15, -0.1) is 0 Å². The molecule has 2 aromatic carbocycles. The summed E-state index contributed by atoms with van der Waals surface area (Å²) in [5.74, 6) is -0.303. The summed E-state index contributed by atoms with van der Waals surface area (Å²) in [6.07, 6.45) is 0. The van der Waals surface area contributed by atoms with Crippen LogP contribution in [0.4, 0.5) is 10.1 Å². The number of amides is 1. The van der Waals surface area contributed by atoms with Crippen molar-refractivity contribution in [1.82, 2.24) is 4.90 Å². The van der Waals surface area contributed by atoms with Crippen molar-refractivity contribution in [3.8, 4) is 0 Å². The van der Waals surface area contributed by atoms with Crippen molar-refractivity contribution < 1.29 is 9.18 Å². The smallest absolute Gasteiger partial charge is 0.240 e. The standard InChI is InChI=1S/C17H18BrFN2O/c1-20(11-13-10-14(18)8-9-16(13)19)12-17(22)21(2)15-6-4-3-5-7-15/h3-10H,11-12H2,1-2H3. The monoisotopic (exact) mass is 364 g/mol. The van der Waals surface area contributed by atoms with E-state index in [0.29, 0.717) is 12.1 Å². The largest absolute Gasteiger partial charge is 0.314 e. The molecule has 0 heterocycles. The Kier molecular flexibility index (Phi) is 5.69. The van der Waals surface area contributed by atoms with E-state index in [1.165, 1.54) is 6.07 Å². The zero-order chi connectivity index (χ0) is 16.1. The zero-order valence-corrected chi connectivity index (χ0v) is 14.2. The topological polar surface area (TPSA) is 23.6 Å². The van der Waals surface area contributed by atoms with E-state index in [0.717, 1.165) is 10.2 Å². The summed E-state index contributed by atoms with van der Waals surface area (Å²) < 4.78 is 14.6. The fourth-order valence-corrected chi connectivity index (χ4v) is 2.55. The molecule has 22 heavy (non-hydrogen) atoms. The molecule has 2 rings (SSSR count). The first-order chi connectivity index (χ1) is 10.5. The third-order valence-electron chi connectivity index (χ3n) is 3.37. The first-order valence-corrected chi connectivity index (χ1v) is 7.71. The number of para-hydroxylation sites is 1. The minimum absolute atomic E-state index is 0.0379. The first-order valence-electron chi connectivity index (χ1n) is 6.91. The van der Waals surface area contributed by atoms with Crippen LogP contribution in [-0.2, 0) is 11.3 Å². The van der Waals surface area contributed by atoms with Crippen LogP contribution in [0, 0.1) is 5.82 Å². The highest BCUT2D eigenvalue weighted by atomic mass is 79.9. The molecule has 0 fully saturated rings. The predicted octanol–water partition coefficient (Wildman–Crippen LogP) is 3.68. The maximum absolute atomic E-state index is 13.7. The van der Waals surface area contributed by atoms with Crippen LogP contribution in [-0.4, -0.2) is 31.4 Å². The number of likely N-dealkylation sites (N-methyl/N-ethyl adjacent to an activating group) is 2. The molecule has 0 N–H and O–H groups in total. The molecule has 0 unspecified atom stereocenters. The van der Waals surface area contributed by atoms with Crippen LogP contribution >= 0.6 is 15.9 Å². The fraction of sp³-hybridized carbons (Fsp3) is 0.235. The van der Waals surface area contributed by atoms with Crippen LogP contribution in [0.1, 0.15) is 5.56 Å². The molecule has 0 radical (unpaired) electrons. The highest BCUT2D eigenvalue weighted by molar-refractivity contribution is 9.10. The number of carbonyl (C=O) groups excluding carboxylic acids is 1. The van der Waals surface area contributed by atoms with Gasteiger partial charge in [0.2, 0.25) is 5.91 Å². The lowest BCUT2D eigenvalue weighted by atomic mass is 10.2. The van der Waals surface area contributed by atoms with Crippen LogP contribution in [0.5, 0.6) is 0 Å². The molecular formula is C17H18BrFN2O. The number of halogens is 2. The van der Waals surface area contributed by atoms with Crippen molar-refractivity contribution in [3.63, 3.8) is 0 Å². The molecular weight excluding hydrogens is 347 g/mol. The van der Waals surface area contributed by atoms with Gasteiger partial charge in [-0.1, -0.05) is 34.1 Å². The van der Waals surface area contributed by atoms with Gasteiger partial charge >= 0.3 is 0 Å². The number of hydrogen-bond donors (Lipinski definition) is 0. The molecule has 1 amide bonds. The molecule has 2 aromatic rings. The molecule has 0 aliphatic carbocycles. The molecule has 0 bridgehead atoms. The van der Waals surface area contributed by atoms with Gasteiger partial charge in [0.05, 0.1) is 6.54 Å². The van der Waals surface area contributed by atoms with Gasteiger partial charge in [-0.3, -0.25) is 9.69 Å². The Bertz CT molecular complexity index is 648.